The monoisotopic (exact) mass is 341 g/mol. The van der Waals surface area contributed by atoms with Gasteiger partial charge in [-0.1, -0.05) is 0 Å². The van der Waals surface area contributed by atoms with Crippen molar-refractivity contribution in [3.63, 3.8) is 0 Å². The van der Waals surface area contributed by atoms with E-state index in [4.69, 9.17) is 18.9 Å². The first-order valence-electron chi connectivity index (χ1n) is 8.25. The van der Waals surface area contributed by atoms with Gasteiger partial charge in [0.05, 0.1) is 45.7 Å². The summed E-state index contributed by atoms with van der Waals surface area (Å²) in [5.41, 5.74) is 0. The quantitative estimate of drug-likeness (QED) is 0.884. The molecule has 1 aromatic rings. The van der Waals surface area contributed by atoms with Crippen LogP contribution in [0.25, 0.3) is 0 Å². The molecule has 134 valence electrons. The van der Waals surface area contributed by atoms with E-state index in [9.17, 15) is 9.50 Å². The Kier molecular flexibility index (Phi) is 5.89. The summed E-state index contributed by atoms with van der Waals surface area (Å²) in [7, 11) is 1.46. The van der Waals surface area contributed by atoms with Crippen molar-refractivity contribution < 1.29 is 28.4 Å². The van der Waals surface area contributed by atoms with Gasteiger partial charge in [-0.05, 0) is 18.6 Å². The Hall–Kier alpha value is -1.41. The number of ether oxygens (including phenoxy) is 4. The Morgan fingerprint density at radius 2 is 1.96 bits per heavy atom. The number of rotatable bonds is 4. The second kappa shape index (κ2) is 8.11. The van der Waals surface area contributed by atoms with E-state index in [1.807, 2.05) is 0 Å². The molecule has 0 spiro atoms. The topological polar surface area (TPSA) is 60.4 Å². The van der Waals surface area contributed by atoms with E-state index >= 15 is 0 Å². The van der Waals surface area contributed by atoms with E-state index in [1.54, 1.807) is 0 Å². The molecule has 24 heavy (non-hydrogen) atoms. The van der Waals surface area contributed by atoms with E-state index in [0.717, 1.165) is 6.54 Å². The molecule has 2 saturated heterocycles. The number of hydrogen-bond donors (Lipinski definition) is 1. The Morgan fingerprint density at radius 3 is 2.67 bits per heavy atom. The predicted octanol–water partition coefficient (Wildman–Crippen LogP) is 1.06. The smallest absolute Gasteiger partial charge is 0.163 e. The summed E-state index contributed by atoms with van der Waals surface area (Å²) in [5.74, 6) is 0.358. The van der Waals surface area contributed by atoms with Crippen molar-refractivity contribution >= 4 is 0 Å². The van der Waals surface area contributed by atoms with Crippen LogP contribution >= 0.6 is 0 Å². The fraction of sp³-hybridized carbons (Fsp3) is 0.647. The van der Waals surface area contributed by atoms with Gasteiger partial charge in [0.15, 0.2) is 11.5 Å². The molecule has 2 aliphatic heterocycles. The Bertz CT molecular complexity index is 536. The van der Waals surface area contributed by atoms with Crippen LogP contribution in [0.5, 0.6) is 11.5 Å². The lowest BCUT2D eigenvalue weighted by molar-refractivity contribution is -0.0510. The van der Waals surface area contributed by atoms with Crippen LogP contribution in [0.15, 0.2) is 18.2 Å². The number of methoxy groups -OCH3 is 1. The highest BCUT2D eigenvalue weighted by molar-refractivity contribution is 5.40. The van der Waals surface area contributed by atoms with Crippen molar-refractivity contribution in [1.29, 1.82) is 0 Å². The van der Waals surface area contributed by atoms with Crippen LogP contribution in [0, 0.1) is 5.82 Å². The lowest BCUT2D eigenvalue weighted by Crippen LogP contribution is -2.54. The molecule has 0 radical (unpaired) electrons. The van der Waals surface area contributed by atoms with Crippen molar-refractivity contribution in [3.05, 3.63) is 24.0 Å². The molecule has 1 aromatic carbocycles. The third-order valence-corrected chi connectivity index (χ3v) is 4.47. The Morgan fingerprint density at radius 1 is 1.21 bits per heavy atom. The largest absolute Gasteiger partial charge is 0.493 e. The van der Waals surface area contributed by atoms with Crippen LogP contribution in [-0.4, -0.2) is 74.9 Å². The highest BCUT2D eigenvalue weighted by Crippen LogP contribution is 2.30. The van der Waals surface area contributed by atoms with Gasteiger partial charge in [0.1, 0.15) is 11.9 Å². The molecule has 1 N–H and O–H groups in total. The number of aliphatic hydroxyl groups is 1. The minimum atomic E-state index is -0.580. The molecule has 0 unspecified atom stereocenters. The fourth-order valence-electron chi connectivity index (χ4n) is 3.09. The highest BCUT2D eigenvalue weighted by atomic mass is 19.1. The van der Waals surface area contributed by atoms with Crippen molar-refractivity contribution in [1.82, 2.24) is 4.90 Å². The normalized spacial score (nSPS) is 26.8. The standard InChI is InChI=1S/C17H24FNO5/c1-21-16-8-12(18)2-3-15(16)24-17-9-19(5-4-14(17)20)13-10-22-6-7-23-11-13/h2-3,8,13-14,17,20H,4-7,9-11H2,1H3/t14-,17-/m1/s1. The van der Waals surface area contributed by atoms with Crippen molar-refractivity contribution in [3.8, 4) is 11.5 Å². The van der Waals surface area contributed by atoms with Gasteiger partial charge < -0.3 is 24.1 Å². The molecule has 2 heterocycles. The van der Waals surface area contributed by atoms with Crippen molar-refractivity contribution in [2.75, 3.05) is 46.6 Å². The molecule has 2 atom stereocenters. The number of aliphatic hydroxyl groups excluding tert-OH is 1. The first kappa shape index (κ1) is 17.4. The van der Waals surface area contributed by atoms with Crippen LogP contribution in [-0.2, 0) is 9.47 Å². The number of benzene rings is 1. The van der Waals surface area contributed by atoms with Crippen LogP contribution in [0.1, 0.15) is 6.42 Å². The molecule has 0 bridgehead atoms. The molecule has 2 fully saturated rings. The van der Waals surface area contributed by atoms with Gasteiger partial charge in [-0.25, -0.2) is 4.39 Å². The minimum Gasteiger partial charge on any atom is -0.493 e. The summed E-state index contributed by atoms with van der Waals surface area (Å²) in [6, 6.07) is 4.27. The third kappa shape index (κ3) is 4.16. The van der Waals surface area contributed by atoms with E-state index in [0.29, 0.717) is 50.9 Å². The Balaban J connectivity index is 1.67. The SMILES string of the molecule is COc1cc(F)ccc1O[C@@H]1CN(C2COCCOC2)CC[C@H]1O. The molecule has 2 aliphatic rings. The molecule has 7 heteroatoms. The second-order valence-electron chi connectivity index (χ2n) is 6.11. The minimum absolute atomic E-state index is 0.154. The summed E-state index contributed by atoms with van der Waals surface area (Å²) < 4.78 is 35.5. The summed E-state index contributed by atoms with van der Waals surface area (Å²) >= 11 is 0. The van der Waals surface area contributed by atoms with Crippen molar-refractivity contribution in [2.24, 2.45) is 0 Å². The van der Waals surface area contributed by atoms with Crippen LogP contribution in [0.2, 0.25) is 0 Å². The number of piperidine rings is 1. The lowest BCUT2D eigenvalue weighted by atomic mass is 10.0. The van der Waals surface area contributed by atoms with Crippen molar-refractivity contribution in [2.45, 2.75) is 24.7 Å². The summed E-state index contributed by atoms with van der Waals surface area (Å²) in [6.45, 7) is 3.77. The zero-order chi connectivity index (χ0) is 16.9. The molecule has 0 aliphatic carbocycles. The summed E-state index contributed by atoms with van der Waals surface area (Å²) in [6.07, 6.45) is -0.394. The maximum absolute atomic E-state index is 13.3. The number of halogens is 1. The zero-order valence-corrected chi connectivity index (χ0v) is 13.8. The molecule has 0 saturated carbocycles. The maximum Gasteiger partial charge on any atom is 0.163 e. The fourth-order valence-corrected chi connectivity index (χ4v) is 3.09. The van der Waals surface area contributed by atoms with Crippen LogP contribution in [0.3, 0.4) is 0 Å². The zero-order valence-electron chi connectivity index (χ0n) is 13.8. The van der Waals surface area contributed by atoms with Gasteiger partial charge in [-0.15, -0.1) is 0 Å². The van der Waals surface area contributed by atoms with Crippen LogP contribution < -0.4 is 9.47 Å². The van der Waals surface area contributed by atoms with E-state index < -0.39 is 18.0 Å². The Labute approximate surface area is 141 Å². The predicted molar refractivity (Wildman–Crippen MR) is 85.0 cm³/mol. The molecular weight excluding hydrogens is 317 g/mol. The number of likely N-dealkylation sites (tertiary alicyclic amines) is 1. The molecular formula is C17H24FNO5. The van der Waals surface area contributed by atoms with Crippen LogP contribution in [0.4, 0.5) is 4.39 Å². The first-order chi connectivity index (χ1) is 11.7. The molecule has 0 amide bonds. The molecule has 3 rings (SSSR count). The van der Waals surface area contributed by atoms with Gasteiger partial charge in [-0.3, -0.25) is 4.90 Å². The molecule has 0 aromatic heterocycles. The van der Waals surface area contributed by atoms with Gasteiger partial charge in [0.2, 0.25) is 0 Å². The van der Waals surface area contributed by atoms with E-state index in [2.05, 4.69) is 4.90 Å². The van der Waals surface area contributed by atoms with E-state index in [1.165, 1.54) is 25.3 Å². The average molecular weight is 341 g/mol. The second-order valence-corrected chi connectivity index (χ2v) is 6.11. The highest BCUT2D eigenvalue weighted by Gasteiger charge is 2.34. The average Bonchev–Trinajstić information content (AvgIpc) is 2.87. The third-order valence-electron chi connectivity index (χ3n) is 4.47. The summed E-state index contributed by atoms with van der Waals surface area (Å²) in [5, 5.41) is 10.3. The molecule has 6 nitrogen and oxygen atoms in total. The first-order valence-corrected chi connectivity index (χ1v) is 8.25. The van der Waals surface area contributed by atoms with Gasteiger partial charge in [0.25, 0.3) is 0 Å². The van der Waals surface area contributed by atoms with Gasteiger partial charge in [-0.2, -0.15) is 0 Å². The van der Waals surface area contributed by atoms with E-state index in [-0.39, 0.29) is 6.04 Å². The van der Waals surface area contributed by atoms with Gasteiger partial charge >= 0.3 is 0 Å². The maximum atomic E-state index is 13.3. The van der Waals surface area contributed by atoms with Gasteiger partial charge in [0, 0.05) is 19.2 Å². The number of nitrogens with zero attached hydrogens (tertiary/aromatic N) is 1. The number of hydrogen-bond acceptors (Lipinski definition) is 6. The summed E-state index contributed by atoms with van der Waals surface area (Å²) in [4.78, 5) is 2.22. The lowest BCUT2D eigenvalue weighted by Gasteiger charge is -2.39.